The molecule has 3 heterocycles. The largest absolute Gasteiger partial charge is 0.418 e. The van der Waals surface area contributed by atoms with Crippen LogP contribution in [0.1, 0.15) is 36.4 Å². The Labute approximate surface area is 148 Å². The molecule has 13 nitrogen and oxygen atoms in total. The lowest BCUT2D eigenvalue weighted by Crippen LogP contribution is -2.35. The van der Waals surface area contributed by atoms with Crippen molar-refractivity contribution in [2.75, 3.05) is 13.1 Å². The molecule has 0 radical (unpaired) electrons. The van der Waals surface area contributed by atoms with E-state index < -0.39 is 34.6 Å². The van der Waals surface area contributed by atoms with Gasteiger partial charge in [-0.15, -0.1) is 4.28 Å². The number of aliphatic hydroxyl groups excluding tert-OH is 1. The van der Waals surface area contributed by atoms with E-state index in [2.05, 4.69) is 14.8 Å². The van der Waals surface area contributed by atoms with Crippen LogP contribution in [0.4, 0.5) is 4.79 Å². The number of aliphatic hydroxyl groups is 1. The van der Waals surface area contributed by atoms with Gasteiger partial charge in [0.2, 0.25) is 0 Å². The Morgan fingerprint density at radius 2 is 2.31 bits per heavy atom. The van der Waals surface area contributed by atoms with Crippen LogP contribution in [0.2, 0.25) is 0 Å². The van der Waals surface area contributed by atoms with Crippen molar-refractivity contribution >= 4 is 22.4 Å². The number of fused-ring (bicyclic) bond motifs is 2. The molecule has 2 aliphatic heterocycles. The van der Waals surface area contributed by atoms with Gasteiger partial charge in [0.25, 0.3) is 0 Å². The SMILES string of the molecule is N=C(N)NC[C@H](O)c1cc([C@@H]2CC[C@H]3CN2C(=O)N3OS(=O)(=O)O)no1. The van der Waals surface area contributed by atoms with Crippen LogP contribution in [-0.4, -0.2) is 64.3 Å². The maximum absolute atomic E-state index is 12.4. The number of guanidine groups is 1. The zero-order chi connectivity index (χ0) is 19.1. The van der Waals surface area contributed by atoms with Gasteiger partial charge in [-0.25, -0.2) is 4.79 Å². The van der Waals surface area contributed by atoms with E-state index in [1.165, 1.54) is 11.0 Å². The minimum Gasteiger partial charge on any atom is -0.383 e. The summed E-state index contributed by atoms with van der Waals surface area (Å²) in [4.78, 5) is 13.7. The van der Waals surface area contributed by atoms with Crippen molar-refractivity contribution < 1.29 is 31.7 Å². The number of nitrogens with two attached hydrogens (primary N) is 1. The Hall–Kier alpha value is -2.42. The molecule has 0 saturated carbocycles. The second-order valence-electron chi connectivity index (χ2n) is 5.97. The minimum absolute atomic E-state index is 0.0463. The predicted octanol–water partition coefficient (Wildman–Crippen LogP) is -1.13. The van der Waals surface area contributed by atoms with E-state index in [1.807, 2.05) is 0 Å². The second-order valence-corrected chi connectivity index (χ2v) is 6.98. The summed E-state index contributed by atoms with van der Waals surface area (Å²) in [5.74, 6) is -0.169. The number of nitrogens with one attached hydrogen (secondary N) is 2. The van der Waals surface area contributed by atoms with E-state index in [9.17, 15) is 18.3 Å². The van der Waals surface area contributed by atoms with E-state index in [1.54, 1.807) is 0 Å². The fourth-order valence-corrected chi connectivity index (χ4v) is 3.45. The average Bonchev–Trinajstić information content (AvgIpc) is 3.12. The molecule has 3 atom stereocenters. The fourth-order valence-electron chi connectivity index (χ4n) is 3.06. The van der Waals surface area contributed by atoms with Crippen LogP contribution in [-0.2, 0) is 14.7 Å². The molecule has 2 amide bonds. The third-order valence-corrected chi connectivity index (χ3v) is 4.55. The summed E-state index contributed by atoms with van der Waals surface area (Å²) in [5, 5.41) is 24.0. The van der Waals surface area contributed by atoms with Crippen molar-refractivity contribution in [3.05, 3.63) is 17.5 Å². The Morgan fingerprint density at radius 3 is 2.96 bits per heavy atom. The van der Waals surface area contributed by atoms with Crippen LogP contribution in [0.25, 0.3) is 0 Å². The summed E-state index contributed by atoms with van der Waals surface area (Å²) in [5.41, 5.74) is 5.54. The molecular formula is C12H18N6O7S. The van der Waals surface area contributed by atoms with Crippen molar-refractivity contribution in [1.29, 1.82) is 5.41 Å². The molecule has 0 unspecified atom stereocenters. The van der Waals surface area contributed by atoms with Crippen LogP contribution in [0.15, 0.2) is 10.6 Å². The molecule has 2 fully saturated rings. The molecule has 0 aliphatic carbocycles. The van der Waals surface area contributed by atoms with Crippen molar-refractivity contribution in [3.63, 3.8) is 0 Å². The molecule has 6 N–H and O–H groups in total. The standard InChI is InChI=1S/C12H18N6O7S/c13-11(14)15-4-9(19)10-3-7(16-24-10)8-2-1-6-5-17(8)12(20)18(6)25-26(21,22)23/h3,6,8-9,19H,1-2,4-5H2,(H4,13,14,15)(H,21,22,23)/t6-,8-,9-/m0/s1. The topological polar surface area (TPSA) is 195 Å². The number of piperidine rings is 1. The fraction of sp³-hybridized carbons (Fsp3) is 0.583. The zero-order valence-electron chi connectivity index (χ0n) is 13.4. The summed E-state index contributed by atoms with van der Waals surface area (Å²) < 4.78 is 40.0. The van der Waals surface area contributed by atoms with Crippen molar-refractivity contribution in [1.82, 2.24) is 20.4 Å². The van der Waals surface area contributed by atoms with Crippen LogP contribution >= 0.6 is 0 Å². The highest BCUT2D eigenvalue weighted by Crippen LogP contribution is 2.38. The molecule has 1 aromatic rings. The van der Waals surface area contributed by atoms with Gasteiger partial charge in [0.1, 0.15) is 11.8 Å². The normalized spacial score (nSPS) is 24.0. The Morgan fingerprint density at radius 1 is 1.58 bits per heavy atom. The van der Waals surface area contributed by atoms with E-state index in [0.717, 1.165) is 0 Å². The monoisotopic (exact) mass is 390 g/mol. The number of carbonyl (C=O) groups excluding carboxylic acids is 1. The summed E-state index contributed by atoms with van der Waals surface area (Å²) in [6.45, 7) is 0.158. The molecule has 0 spiro atoms. The molecule has 2 bridgehead atoms. The summed E-state index contributed by atoms with van der Waals surface area (Å²) in [6.07, 6.45) is -0.195. The van der Waals surface area contributed by atoms with E-state index in [-0.39, 0.29) is 24.8 Å². The maximum atomic E-state index is 12.4. The number of aromatic nitrogens is 1. The van der Waals surface area contributed by atoms with E-state index in [4.69, 9.17) is 20.2 Å². The van der Waals surface area contributed by atoms with Gasteiger partial charge in [-0.1, -0.05) is 5.16 Å². The van der Waals surface area contributed by atoms with Gasteiger partial charge in [0.15, 0.2) is 11.7 Å². The molecule has 14 heteroatoms. The number of nitrogens with zero attached hydrogens (tertiary/aromatic N) is 3. The second kappa shape index (κ2) is 6.71. The average molecular weight is 390 g/mol. The number of amides is 2. The third-order valence-electron chi connectivity index (χ3n) is 4.20. The molecule has 3 rings (SSSR count). The first-order chi connectivity index (χ1) is 12.2. The van der Waals surface area contributed by atoms with Crippen molar-refractivity contribution in [2.45, 2.75) is 31.0 Å². The number of carbonyl (C=O) groups is 1. The lowest BCUT2D eigenvalue weighted by molar-refractivity contribution is -0.0317. The Bertz CT molecular complexity index is 811. The molecule has 26 heavy (non-hydrogen) atoms. The molecule has 2 aliphatic rings. The van der Waals surface area contributed by atoms with E-state index in [0.29, 0.717) is 23.6 Å². The lowest BCUT2D eigenvalue weighted by atomic mass is 9.98. The third kappa shape index (κ3) is 3.72. The minimum atomic E-state index is -4.80. The predicted molar refractivity (Wildman–Crippen MR) is 83.7 cm³/mol. The van der Waals surface area contributed by atoms with Gasteiger partial charge in [-0.05, 0) is 12.8 Å². The van der Waals surface area contributed by atoms with Gasteiger partial charge in [0.05, 0.1) is 18.6 Å². The Balaban J connectivity index is 1.72. The first kappa shape index (κ1) is 18.4. The van der Waals surface area contributed by atoms with Crippen LogP contribution in [0, 0.1) is 5.41 Å². The van der Waals surface area contributed by atoms with E-state index >= 15 is 0 Å². The number of urea groups is 1. The zero-order valence-corrected chi connectivity index (χ0v) is 14.2. The summed E-state index contributed by atoms with van der Waals surface area (Å²) in [7, 11) is -4.80. The Kier molecular flexibility index (Phi) is 4.74. The van der Waals surface area contributed by atoms with Gasteiger partial charge < -0.3 is 25.6 Å². The molecule has 0 aromatic carbocycles. The first-order valence-electron chi connectivity index (χ1n) is 7.65. The number of hydrogen-bond acceptors (Lipinski definition) is 8. The number of rotatable bonds is 6. The van der Waals surface area contributed by atoms with Crippen molar-refractivity contribution in [2.24, 2.45) is 5.73 Å². The van der Waals surface area contributed by atoms with Gasteiger partial charge in [-0.3, -0.25) is 9.96 Å². The highest BCUT2D eigenvalue weighted by molar-refractivity contribution is 7.80. The quantitative estimate of drug-likeness (QED) is 0.225. The first-order valence-corrected chi connectivity index (χ1v) is 9.01. The van der Waals surface area contributed by atoms with Crippen LogP contribution in [0.5, 0.6) is 0 Å². The molecular weight excluding hydrogens is 372 g/mol. The molecule has 2 saturated heterocycles. The summed E-state index contributed by atoms with van der Waals surface area (Å²) in [6, 6.07) is -0.216. The maximum Gasteiger partial charge on any atom is 0.418 e. The highest BCUT2D eigenvalue weighted by atomic mass is 32.3. The lowest BCUT2D eigenvalue weighted by Gasteiger charge is -2.28. The van der Waals surface area contributed by atoms with Crippen LogP contribution < -0.4 is 11.1 Å². The molecule has 144 valence electrons. The van der Waals surface area contributed by atoms with Gasteiger partial charge in [-0.2, -0.15) is 13.5 Å². The molecule has 1 aromatic heterocycles. The highest BCUT2D eigenvalue weighted by Gasteiger charge is 2.48. The van der Waals surface area contributed by atoms with Gasteiger partial charge in [0, 0.05) is 12.6 Å². The number of hydroxylamine groups is 2. The van der Waals surface area contributed by atoms with Gasteiger partial charge >= 0.3 is 16.4 Å². The smallest absolute Gasteiger partial charge is 0.383 e. The van der Waals surface area contributed by atoms with Crippen LogP contribution in [0.3, 0.4) is 0 Å². The van der Waals surface area contributed by atoms with Crippen molar-refractivity contribution in [3.8, 4) is 0 Å². The number of hydrogen-bond donors (Lipinski definition) is 5. The summed E-state index contributed by atoms with van der Waals surface area (Å²) >= 11 is 0.